The normalized spacial score (nSPS) is 15.7. The second-order valence-corrected chi connectivity index (χ2v) is 6.63. The zero-order chi connectivity index (χ0) is 18.6. The van der Waals surface area contributed by atoms with Crippen molar-refractivity contribution in [3.8, 4) is 11.3 Å². The Labute approximate surface area is 156 Å². The van der Waals surface area contributed by atoms with E-state index in [0.717, 1.165) is 31.7 Å². The zero-order valence-corrected chi connectivity index (χ0v) is 14.9. The van der Waals surface area contributed by atoms with Crippen LogP contribution in [0.4, 0.5) is 4.39 Å². The fourth-order valence-electron chi connectivity index (χ4n) is 3.49. The first-order chi connectivity index (χ1) is 13.2. The molecule has 2 aromatic heterocycles. The summed E-state index contributed by atoms with van der Waals surface area (Å²) in [5.41, 5.74) is 0.335. The first-order valence-corrected chi connectivity index (χ1v) is 9.13. The van der Waals surface area contributed by atoms with Gasteiger partial charge in [-0.1, -0.05) is 12.1 Å². The highest BCUT2D eigenvalue weighted by molar-refractivity contribution is 5.92. The van der Waals surface area contributed by atoms with Crippen molar-refractivity contribution < 1.29 is 18.0 Å². The Kier molecular flexibility index (Phi) is 5.07. The number of furan rings is 2. The van der Waals surface area contributed by atoms with Crippen LogP contribution in [0.1, 0.15) is 35.2 Å². The molecule has 1 aliphatic rings. The molecule has 0 spiro atoms. The maximum Gasteiger partial charge on any atom is 0.287 e. The molecule has 0 saturated carbocycles. The van der Waals surface area contributed by atoms with E-state index in [4.69, 9.17) is 8.83 Å². The SMILES string of the molecule is O=C(NCC(c1ccco1)N1CCCC1)c1ccc(-c2ccccc2F)o1. The number of nitrogens with one attached hydrogen (secondary N) is 1. The predicted molar refractivity (Wildman–Crippen MR) is 98.7 cm³/mol. The zero-order valence-electron chi connectivity index (χ0n) is 14.9. The lowest BCUT2D eigenvalue weighted by Gasteiger charge is -2.25. The standard InChI is InChI=1S/C21H21FN2O3/c22-16-7-2-1-6-15(16)18-9-10-20(27-18)21(25)23-14-17(19-8-5-13-26-19)24-11-3-4-12-24/h1-2,5-10,13,17H,3-4,11-12,14H2,(H,23,25). The van der Waals surface area contributed by atoms with Crippen molar-refractivity contribution in [2.75, 3.05) is 19.6 Å². The third-order valence-electron chi connectivity index (χ3n) is 4.88. The summed E-state index contributed by atoms with van der Waals surface area (Å²) in [6.45, 7) is 2.39. The molecule has 4 rings (SSSR count). The summed E-state index contributed by atoms with van der Waals surface area (Å²) in [7, 11) is 0. The summed E-state index contributed by atoms with van der Waals surface area (Å²) in [5, 5.41) is 2.92. The molecule has 27 heavy (non-hydrogen) atoms. The van der Waals surface area contributed by atoms with Gasteiger partial charge < -0.3 is 14.2 Å². The highest BCUT2D eigenvalue weighted by Gasteiger charge is 2.26. The van der Waals surface area contributed by atoms with Crippen LogP contribution in [0.2, 0.25) is 0 Å². The molecule has 3 heterocycles. The van der Waals surface area contributed by atoms with Gasteiger partial charge in [0.05, 0.1) is 17.9 Å². The lowest BCUT2D eigenvalue weighted by Crippen LogP contribution is -2.36. The van der Waals surface area contributed by atoms with Gasteiger partial charge in [-0.2, -0.15) is 0 Å². The van der Waals surface area contributed by atoms with Gasteiger partial charge in [0.15, 0.2) is 5.76 Å². The third-order valence-corrected chi connectivity index (χ3v) is 4.88. The van der Waals surface area contributed by atoms with Crippen LogP contribution in [-0.2, 0) is 0 Å². The summed E-state index contributed by atoms with van der Waals surface area (Å²) >= 11 is 0. The van der Waals surface area contributed by atoms with Crippen LogP contribution in [0.15, 0.2) is 63.6 Å². The van der Waals surface area contributed by atoms with E-state index in [-0.39, 0.29) is 23.5 Å². The van der Waals surface area contributed by atoms with Crippen molar-refractivity contribution in [2.45, 2.75) is 18.9 Å². The predicted octanol–water partition coefficient (Wildman–Crippen LogP) is 4.25. The molecule has 1 saturated heterocycles. The number of amides is 1. The molecule has 5 nitrogen and oxygen atoms in total. The molecule has 1 atom stereocenters. The molecule has 1 aromatic carbocycles. The molecule has 1 aliphatic heterocycles. The van der Waals surface area contributed by atoms with Crippen LogP contribution >= 0.6 is 0 Å². The molecule has 1 amide bonds. The molecule has 6 heteroatoms. The van der Waals surface area contributed by atoms with Crippen molar-refractivity contribution in [3.05, 3.63) is 72.1 Å². The van der Waals surface area contributed by atoms with Gasteiger partial charge in [-0.05, 0) is 62.3 Å². The molecule has 0 aliphatic carbocycles. The average molecular weight is 368 g/mol. The Bertz CT molecular complexity index is 898. The van der Waals surface area contributed by atoms with Gasteiger partial charge in [0, 0.05) is 6.54 Å². The molecular formula is C21H21FN2O3. The van der Waals surface area contributed by atoms with E-state index in [1.165, 1.54) is 6.07 Å². The Morgan fingerprint density at radius 3 is 2.67 bits per heavy atom. The number of nitrogens with zero attached hydrogens (tertiary/aromatic N) is 1. The van der Waals surface area contributed by atoms with E-state index in [0.29, 0.717) is 17.9 Å². The van der Waals surface area contributed by atoms with Gasteiger partial charge in [0.25, 0.3) is 5.91 Å². The van der Waals surface area contributed by atoms with Crippen molar-refractivity contribution in [1.82, 2.24) is 10.2 Å². The van der Waals surface area contributed by atoms with E-state index < -0.39 is 0 Å². The van der Waals surface area contributed by atoms with E-state index >= 15 is 0 Å². The van der Waals surface area contributed by atoms with Crippen LogP contribution in [0.25, 0.3) is 11.3 Å². The molecule has 3 aromatic rings. The van der Waals surface area contributed by atoms with Crippen molar-refractivity contribution in [2.24, 2.45) is 0 Å². The van der Waals surface area contributed by atoms with E-state index in [1.807, 2.05) is 12.1 Å². The Morgan fingerprint density at radius 1 is 1.11 bits per heavy atom. The van der Waals surface area contributed by atoms with E-state index in [9.17, 15) is 9.18 Å². The number of hydrogen-bond donors (Lipinski definition) is 1. The number of halogens is 1. The monoisotopic (exact) mass is 368 g/mol. The number of benzene rings is 1. The average Bonchev–Trinajstić information content (AvgIpc) is 3.44. The first kappa shape index (κ1) is 17.5. The van der Waals surface area contributed by atoms with Crippen molar-refractivity contribution >= 4 is 5.91 Å². The lowest BCUT2D eigenvalue weighted by atomic mass is 10.1. The van der Waals surface area contributed by atoms with Crippen molar-refractivity contribution in [1.29, 1.82) is 0 Å². The molecule has 0 radical (unpaired) electrons. The molecular weight excluding hydrogens is 347 g/mol. The van der Waals surface area contributed by atoms with Crippen LogP contribution in [-0.4, -0.2) is 30.4 Å². The Hall–Kier alpha value is -2.86. The maximum absolute atomic E-state index is 13.9. The largest absolute Gasteiger partial charge is 0.468 e. The molecule has 0 bridgehead atoms. The number of carbonyl (C=O) groups excluding carboxylic acids is 1. The van der Waals surface area contributed by atoms with Crippen LogP contribution in [0.3, 0.4) is 0 Å². The molecule has 1 unspecified atom stereocenters. The third kappa shape index (κ3) is 3.80. The molecule has 140 valence electrons. The second-order valence-electron chi connectivity index (χ2n) is 6.63. The molecule has 1 fully saturated rings. The maximum atomic E-state index is 13.9. The summed E-state index contributed by atoms with van der Waals surface area (Å²) in [6, 6.07) is 13.3. The highest BCUT2D eigenvalue weighted by atomic mass is 19.1. The lowest BCUT2D eigenvalue weighted by molar-refractivity contribution is 0.0907. The summed E-state index contributed by atoms with van der Waals surface area (Å²) < 4.78 is 25.0. The second kappa shape index (κ2) is 7.80. The smallest absolute Gasteiger partial charge is 0.287 e. The minimum absolute atomic E-state index is 0.00699. The van der Waals surface area contributed by atoms with Gasteiger partial charge in [-0.3, -0.25) is 9.69 Å². The van der Waals surface area contributed by atoms with Gasteiger partial charge in [-0.15, -0.1) is 0 Å². The number of rotatable bonds is 6. The first-order valence-electron chi connectivity index (χ1n) is 9.13. The van der Waals surface area contributed by atoms with Gasteiger partial charge >= 0.3 is 0 Å². The summed E-state index contributed by atoms with van der Waals surface area (Å²) in [5.74, 6) is 0.621. The quantitative estimate of drug-likeness (QED) is 0.707. The van der Waals surface area contributed by atoms with Gasteiger partial charge in [-0.25, -0.2) is 4.39 Å². The van der Waals surface area contributed by atoms with Crippen molar-refractivity contribution in [3.63, 3.8) is 0 Å². The van der Waals surface area contributed by atoms with Gasteiger partial charge in [0.2, 0.25) is 0 Å². The fourth-order valence-corrected chi connectivity index (χ4v) is 3.49. The van der Waals surface area contributed by atoms with Crippen LogP contribution in [0, 0.1) is 5.82 Å². The summed E-state index contributed by atoms with van der Waals surface area (Å²) in [6.07, 6.45) is 3.94. The Balaban J connectivity index is 1.45. The number of likely N-dealkylation sites (tertiary alicyclic amines) is 1. The van der Waals surface area contributed by atoms with Crippen LogP contribution in [0.5, 0.6) is 0 Å². The number of carbonyl (C=O) groups is 1. The highest BCUT2D eigenvalue weighted by Crippen LogP contribution is 2.26. The minimum Gasteiger partial charge on any atom is -0.468 e. The topological polar surface area (TPSA) is 58.6 Å². The van der Waals surface area contributed by atoms with Crippen LogP contribution < -0.4 is 5.32 Å². The number of hydrogen-bond acceptors (Lipinski definition) is 4. The summed E-state index contributed by atoms with van der Waals surface area (Å²) in [4.78, 5) is 14.8. The fraction of sp³-hybridized carbons (Fsp3) is 0.286. The Morgan fingerprint density at radius 2 is 1.93 bits per heavy atom. The minimum atomic E-state index is -0.384. The molecule has 1 N–H and O–H groups in total. The van der Waals surface area contributed by atoms with E-state index in [1.54, 1.807) is 36.6 Å². The van der Waals surface area contributed by atoms with Gasteiger partial charge in [0.1, 0.15) is 17.3 Å². The van der Waals surface area contributed by atoms with E-state index in [2.05, 4.69) is 10.2 Å².